The van der Waals surface area contributed by atoms with Crippen molar-refractivity contribution in [2.75, 3.05) is 46.3 Å². The first-order chi connectivity index (χ1) is 9.05. The number of hydrogen-bond acceptors (Lipinski definition) is 4. The molecule has 2 saturated heterocycles. The minimum absolute atomic E-state index is 0.417. The highest BCUT2D eigenvalue weighted by molar-refractivity contribution is 7.86. The summed E-state index contributed by atoms with van der Waals surface area (Å²) in [6, 6.07) is 0.417. The Morgan fingerprint density at radius 1 is 1.26 bits per heavy atom. The third-order valence-corrected chi connectivity index (χ3v) is 6.13. The second kappa shape index (κ2) is 6.49. The largest absolute Gasteiger partial charge is 0.330 e. The zero-order valence-electron chi connectivity index (χ0n) is 11.8. The van der Waals surface area contributed by atoms with E-state index in [1.807, 2.05) is 0 Å². The molecular weight excluding hydrogens is 264 g/mol. The fraction of sp³-hybridized carbons (Fsp3) is 1.00. The Hall–Kier alpha value is -0.210. The number of likely N-dealkylation sites (tertiary alicyclic amines) is 1. The van der Waals surface area contributed by atoms with Gasteiger partial charge in [-0.3, -0.25) is 4.90 Å². The fourth-order valence-corrected chi connectivity index (χ4v) is 4.40. The Bertz CT molecular complexity index is 381. The van der Waals surface area contributed by atoms with Crippen molar-refractivity contribution < 1.29 is 8.42 Å². The molecule has 0 radical (unpaired) electrons. The van der Waals surface area contributed by atoms with Gasteiger partial charge in [-0.2, -0.15) is 17.0 Å². The molecule has 0 aromatic rings. The first kappa shape index (κ1) is 15.2. The molecular formula is C12H26N4O2S. The molecule has 0 bridgehead atoms. The number of nitrogens with two attached hydrogens (primary N) is 1. The predicted molar refractivity (Wildman–Crippen MR) is 76.0 cm³/mol. The van der Waals surface area contributed by atoms with Crippen LogP contribution >= 0.6 is 0 Å². The summed E-state index contributed by atoms with van der Waals surface area (Å²) in [4.78, 5) is 2.44. The molecule has 1 atom stereocenters. The fourth-order valence-electron chi connectivity index (χ4n) is 2.95. The highest BCUT2D eigenvalue weighted by Crippen LogP contribution is 2.23. The maximum absolute atomic E-state index is 12.4. The van der Waals surface area contributed by atoms with Gasteiger partial charge < -0.3 is 5.73 Å². The number of rotatable bonds is 6. The predicted octanol–water partition coefficient (Wildman–Crippen LogP) is -0.318. The third kappa shape index (κ3) is 3.46. The molecule has 0 aliphatic carbocycles. The van der Waals surface area contributed by atoms with Crippen LogP contribution in [0.4, 0.5) is 0 Å². The molecule has 2 rings (SSSR count). The van der Waals surface area contributed by atoms with E-state index in [2.05, 4.69) is 4.90 Å². The molecule has 2 aliphatic heterocycles. The van der Waals surface area contributed by atoms with Crippen molar-refractivity contribution in [3.8, 4) is 0 Å². The van der Waals surface area contributed by atoms with Crippen LogP contribution in [-0.4, -0.2) is 74.3 Å². The van der Waals surface area contributed by atoms with Crippen molar-refractivity contribution in [2.24, 2.45) is 5.73 Å². The average Bonchev–Trinajstić information content (AvgIpc) is 3.04. The molecule has 2 N–H and O–H groups in total. The quantitative estimate of drug-likeness (QED) is 0.728. The summed E-state index contributed by atoms with van der Waals surface area (Å²) in [6.07, 6.45) is 4.17. The molecule has 0 aromatic carbocycles. The highest BCUT2D eigenvalue weighted by atomic mass is 32.2. The molecule has 1 unspecified atom stereocenters. The first-order valence-corrected chi connectivity index (χ1v) is 8.61. The van der Waals surface area contributed by atoms with E-state index < -0.39 is 10.2 Å². The summed E-state index contributed by atoms with van der Waals surface area (Å²) in [6.45, 7) is 4.58. The van der Waals surface area contributed by atoms with Crippen molar-refractivity contribution >= 4 is 10.2 Å². The minimum atomic E-state index is -3.29. The van der Waals surface area contributed by atoms with Gasteiger partial charge in [0.15, 0.2) is 0 Å². The molecule has 0 saturated carbocycles. The Labute approximate surface area is 116 Å². The summed E-state index contributed by atoms with van der Waals surface area (Å²) in [5, 5.41) is 0. The van der Waals surface area contributed by atoms with Crippen molar-refractivity contribution in [3.63, 3.8) is 0 Å². The molecule has 0 spiro atoms. The van der Waals surface area contributed by atoms with Gasteiger partial charge in [0.25, 0.3) is 10.2 Å². The summed E-state index contributed by atoms with van der Waals surface area (Å²) in [5.74, 6) is 0. The van der Waals surface area contributed by atoms with Gasteiger partial charge in [0.05, 0.1) is 0 Å². The Balaban J connectivity index is 1.91. The van der Waals surface area contributed by atoms with Crippen LogP contribution < -0.4 is 5.73 Å². The molecule has 0 amide bonds. The van der Waals surface area contributed by atoms with Gasteiger partial charge in [-0.05, 0) is 45.3 Å². The Morgan fingerprint density at radius 3 is 2.58 bits per heavy atom. The van der Waals surface area contributed by atoms with Crippen LogP contribution in [0.15, 0.2) is 0 Å². The van der Waals surface area contributed by atoms with Crippen molar-refractivity contribution in [3.05, 3.63) is 0 Å². The van der Waals surface area contributed by atoms with E-state index in [0.29, 0.717) is 38.6 Å². The summed E-state index contributed by atoms with van der Waals surface area (Å²) < 4.78 is 27.9. The van der Waals surface area contributed by atoms with Gasteiger partial charge in [-0.1, -0.05) is 0 Å². The van der Waals surface area contributed by atoms with Crippen LogP contribution in [0.5, 0.6) is 0 Å². The molecule has 19 heavy (non-hydrogen) atoms. The molecule has 6 nitrogen and oxygen atoms in total. The van der Waals surface area contributed by atoms with E-state index in [1.54, 1.807) is 11.4 Å². The van der Waals surface area contributed by atoms with Gasteiger partial charge in [0.1, 0.15) is 0 Å². The van der Waals surface area contributed by atoms with Gasteiger partial charge in [-0.25, -0.2) is 0 Å². The van der Waals surface area contributed by atoms with Crippen molar-refractivity contribution in [1.82, 2.24) is 13.5 Å². The third-order valence-electron chi connectivity index (χ3n) is 4.18. The average molecular weight is 290 g/mol. The lowest BCUT2D eigenvalue weighted by atomic mass is 10.2. The zero-order chi connectivity index (χ0) is 13.9. The maximum atomic E-state index is 12.4. The lowest BCUT2D eigenvalue weighted by Gasteiger charge is -2.26. The van der Waals surface area contributed by atoms with Crippen LogP contribution in [0, 0.1) is 0 Å². The first-order valence-electron chi connectivity index (χ1n) is 7.21. The molecule has 2 heterocycles. The SMILES string of the molecule is CN(CCCN)S(=O)(=O)N1CCC(N2CCCC2)C1. The van der Waals surface area contributed by atoms with Crippen LogP contribution in [-0.2, 0) is 10.2 Å². The standard InChI is InChI=1S/C12H26N4O2S/c1-14(7-4-6-13)19(17,18)16-10-5-12(11-16)15-8-2-3-9-15/h12H,2-11,13H2,1H3. The van der Waals surface area contributed by atoms with Crippen molar-refractivity contribution in [2.45, 2.75) is 31.7 Å². The van der Waals surface area contributed by atoms with Gasteiger partial charge in [0, 0.05) is 32.7 Å². The summed E-state index contributed by atoms with van der Waals surface area (Å²) >= 11 is 0. The Kier molecular flexibility index (Phi) is 5.19. The van der Waals surface area contributed by atoms with E-state index in [-0.39, 0.29) is 0 Å². The maximum Gasteiger partial charge on any atom is 0.281 e. The Morgan fingerprint density at radius 2 is 1.95 bits per heavy atom. The van der Waals surface area contributed by atoms with Crippen LogP contribution in [0.3, 0.4) is 0 Å². The van der Waals surface area contributed by atoms with Crippen molar-refractivity contribution in [1.29, 1.82) is 0 Å². The van der Waals surface area contributed by atoms with Gasteiger partial charge in [-0.15, -0.1) is 0 Å². The number of hydrogen-bond donors (Lipinski definition) is 1. The van der Waals surface area contributed by atoms with E-state index >= 15 is 0 Å². The number of nitrogens with zero attached hydrogens (tertiary/aromatic N) is 3. The normalized spacial score (nSPS) is 26.6. The van der Waals surface area contributed by atoms with Crippen LogP contribution in [0.25, 0.3) is 0 Å². The molecule has 2 aliphatic rings. The topological polar surface area (TPSA) is 69.9 Å². The van der Waals surface area contributed by atoms with Crippen LogP contribution in [0.2, 0.25) is 0 Å². The lowest BCUT2D eigenvalue weighted by Crippen LogP contribution is -2.43. The van der Waals surface area contributed by atoms with Crippen LogP contribution in [0.1, 0.15) is 25.7 Å². The van der Waals surface area contributed by atoms with E-state index in [1.165, 1.54) is 17.1 Å². The van der Waals surface area contributed by atoms with E-state index in [4.69, 9.17) is 5.73 Å². The van der Waals surface area contributed by atoms with Gasteiger partial charge in [0.2, 0.25) is 0 Å². The van der Waals surface area contributed by atoms with E-state index in [0.717, 1.165) is 19.5 Å². The monoisotopic (exact) mass is 290 g/mol. The van der Waals surface area contributed by atoms with E-state index in [9.17, 15) is 8.42 Å². The summed E-state index contributed by atoms with van der Waals surface area (Å²) in [7, 11) is -1.64. The minimum Gasteiger partial charge on any atom is -0.330 e. The van der Waals surface area contributed by atoms with Gasteiger partial charge >= 0.3 is 0 Å². The smallest absolute Gasteiger partial charge is 0.281 e. The molecule has 7 heteroatoms. The highest BCUT2D eigenvalue weighted by Gasteiger charge is 2.36. The summed E-state index contributed by atoms with van der Waals surface area (Å²) in [5.41, 5.74) is 5.44. The lowest BCUT2D eigenvalue weighted by molar-refractivity contribution is 0.249. The molecule has 2 fully saturated rings. The zero-order valence-corrected chi connectivity index (χ0v) is 12.6. The molecule has 0 aromatic heterocycles. The molecule has 112 valence electrons. The second-order valence-electron chi connectivity index (χ2n) is 5.52. The second-order valence-corrected chi connectivity index (χ2v) is 7.55.